The molecule has 0 saturated carbocycles. The van der Waals surface area contributed by atoms with E-state index in [0.717, 1.165) is 42.8 Å². The molecule has 4 heterocycles. The van der Waals surface area contributed by atoms with Gasteiger partial charge in [0.25, 0.3) is 0 Å². The molecule has 9 heteroatoms. The number of benzene rings is 1. The highest BCUT2D eigenvalue weighted by molar-refractivity contribution is 5.55. The molecule has 3 aromatic heterocycles. The maximum Gasteiger partial charge on any atom is 0.203 e. The highest BCUT2D eigenvalue weighted by Gasteiger charge is 2.15. The monoisotopic (exact) mass is 445 g/mol. The van der Waals surface area contributed by atoms with Crippen LogP contribution in [0.4, 0.5) is 0 Å². The van der Waals surface area contributed by atoms with Gasteiger partial charge in [-0.15, -0.1) is 0 Å². The van der Waals surface area contributed by atoms with E-state index >= 15 is 0 Å². The fourth-order valence-electron chi connectivity index (χ4n) is 4.14. The van der Waals surface area contributed by atoms with Gasteiger partial charge in [-0.1, -0.05) is 18.2 Å². The fraction of sp³-hybridized carbons (Fsp3) is 0.375. The molecule has 4 aromatic rings. The number of hydrogen-bond donors (Lipinski definition) is 0. The maximum absolute atomic E-state index is 12.4. The van der Waals surface area contributed by atoms with E-state index < -0.39 is 0 Å². The zero-order valence-electron chi connectivity index (χ0n) is 18.7. The van der Waals surface area contributed by atoms with Crippen LogP contribution in [0.5, 0.6) is 0 Å². The first-order chi connectivity index (χ1) is 16.1. The molecule has 1 aliphatic rings. The second kappa shape index (κ2) is 9.50. The summed E-state index contributed by atoms with van der Waals surface area (Å²) in [7, 11) is 1.85. The first kappa shape index (κ1) is 21.3. The van der Waals surface area contributed by atoms with Crippen molar-refractivity contribution in [2.24, 2.45) is 7.05 Å². The number of rotatable bonds is 8. The lowest BCUT2D eigenvalue weighted by atomic mass is 10.1. The molecule has 5 rings (SSSR count). The van der Waals surface area contributed by atoms with Gasteiger partial charge >= 0.3 is 0 Å². The lowest BCUT2D eigenvalue weighted by Crippen LogP contribution is -2.16. The standard InChI is InChI=1S/C24H27N7O2/c1-29-16-20(15-26-29)31-11-9-23(32)22(27-31)14-18-5-2-6-19(13-18)24-25-17-30(28-24)10-3-7-21-8-4-12-33-21/h2,5-6,9,11,13,15-17,21H,3-4,7-8,10,12,14H2,1H3. The average Bonchev–Trinajstić information content (AvgIpc) is 3.58. The molecule has 1 unspecified atom stereocenters. The van der Waals surface area contributed by atoms with Crippen molar-refractivity contribution in [1.29, 1.82) is 0 Å². The minimum Gasteiger partial charge on any atom is -0.378 e. The van der Waals surface area contributed by atoms with Gasteiger partial charge in [-0.25, -0.2) is 9.67 Å². The average molecular weight is 446 g/mol. The van der Waals surface area contributed by atoms with Crippen molar-refractivity contribution in [3.8, 4) is 17.1 Å². The highest BCUT2D eigenvalue weighted by atomic mass is 16.5. The van der Waals surface area contributed by atoms with E-state index in [0.29, 0.717) is 24.0 Å². The predicted molar refractivity (Wildman–Crippen MR) is 123 cm³/mol. The first-order valence-electron chi connectivity index (χ1n) is 11.3. The van der Waals surface area contributed by atoms with Crippen LogP contribution in [0.2, 0.25) is 0 Å². The summed E-state index contributed by atoms with van der Waals surface area (Å²) >= 11 is 0. The van der Waals surface area contributed by atoms with Crippen LogP contribution >= 0.6 is 0 Å². The summed E-state index contributed by atoms with van der Waals surface area (Å²) in [6, 6.07) is 9.51. The van der Waals surface area contributed by atoms with Crippen LogP contribution in [-0.4, -0.2) is 47.0 Å². The molecule has 0 aliphatic carbocycles. The number of aromatic nitrogens is 7. The van der Waals surface area contributed by atoms with E-state index in [1.807, 2.05) is 42.2 Å². The normalized spacial score (nSPS) is 15.8. The third kappa shape index (κ3) is 5.09. The Morgan fingerprint density at radius 2 is 2.15 bits per heavy atom. The van der Waals surface area contributed by atoms with Crippen LogP contribution < -0.4 is 5.43 Å². The Hall–Kier alpha value is -3.59. The summed E-state index contributed by atoms with van der Waals surface area (Å²) in [5, 5.41) is 13.3. The maximum atomic E-state index is 12.4. The molecule has 1 aromatic carbocycles. The number of ether oxygens (including phenoxy) is 1. The minimum absolute atomic E-state index is 0.0887. The van der Waals surface area contributed by atoms with Gasteiger partial charge in [0, 0.05) is 44.4 Å². The third-order valence-electron chi connectivity index (χ3n) is 5.87. The molecular formula is C24H27N7O2. The summed E-state index contributed by atoms with van der Waals surface area (Å²) in [5.41, 5.74) is 3.10. The van der Waals surface area contributed by atoms with Gasteiger partial charge in [0.05, 0.1) is 18.5 Å². The van der Waals surface area contributed by atoms with Crippen molar-refractivity contribution >= 4 is 0 Å². The van der Waals surface area contributed by atoms with Crippen LogP contribution in [0.15, 0.2) is 60.0 Å². The second-order valence-corrected chi connectivity index (χ2v) is 8.43. The van der Waals surface area contributed by atoms with Crippen molar-refractivity contribution in [2.75, 3.05) is 6.61 Å². The second-order valence-electron chi connectivity index (χ2n) is 8.43. The summed E-state index contributed by atoms with van der Waals surface area (Å²) in [6.07, 6.45) is 12.3. The highest BCUT2D eigenvalue weighted by Crippen LogP contribution is 2.19. The van der Waals surface area contributed by atoms with Gasteiger partial charge < -0.3 is 4.74 Å². The zero-order valence-corrected chi connectivity index (χ0v) is 18.7. The summed E-state index contributed by atoms with van der Waals surface area (Å²) in [5.74, 6) is 0.683. The van der Waals surface area contributed by atoms with Crippen molar-refractivity contribution in [3.05, 3.63) is 76.7 Å². The van der Waals surface area contributed by atoms with Gasteiger partial charge in [-0.3, -0.25) is 14.2 Å². The summed E-state index contributed by atoms with van der Waals surface area (Å²) in [4.78, 5) is 16.9. The molecule has 1 atom stereocenters. The van der Waals surface area contributed by atoms with Crippen LogP contribution in [0.25, 0.3) is 17.1 Å². The lowest BCUT2D eigenvalue weighted by Gasteiger charge is -2.08. The minimum atomic E-state index is -0.0887. The largest absolute Gasteiger partial charge is 0.378 e. The molecule has 0 radical (unpaired) electrons. The van der Waals surface area contributed by atoms with Crippen LogP contribution in [0.1, 0.15) is 36.9 Å². The molecule has 1 saturated heterocycles. The molecule has 0 bridgehead atoms. The Morgan fingerprint density at radius 3 is 2.97 bits per heavy atom. The van der Waals surface area contributed by atoms with Crippen LogP contribution in [-0.2, 0) is 24.8 Å². The molecule has 0 spiro atoms. The molecule has 1 fully saturated rings. The van der Waals surface area contributed by atoms with Crippen molar-refractivity contribution in [1.82, 2.24) is 34.3 Å². The van der Waals surface area contributed by atoms with E-state index in [9.17, 15) is 4.79 Å². The molecule has 0 N–H and O–H groups in total. The summed E-state index contributed by atoms with van der Waals surface area (Å²) in [6.45, 7) is 1.72. The molecule has 170 valence electrons. The Morgan fingerprint density at radius 1 is 1.21 bits per heavy atom. The van der Waals surface area contributed by atoms with Gasteiger partial charge in [0.1, 0.15) is 17.7 Å². The van der Waals surface area contributed by atoms with E-state index in [1.54, 1.807) is 34.2 Å². The molecule has 1 aliphatic heterocycles. The van der Waals surface area contributed by atoms with Gasteiger partial charge in [-0.05, 0) is 37.3 Å². The van der Waals surface area contributed by atoms with Crippen molar-refractivity contribution in [2.45, 2.75) is 44.8 Å². The van der Waals surface area contributed by atoms with Crippen molar-refractivity contribution in [3.63, 3.8) is 0 Å². The number of hydrogen-bond acceptors (Lipinski definition) is 6. The Bertz CT molecular complexity index is 1280. The Kier molecular flexibility index (Phi) is 6.12. The van der Waals surface area contributed by atoms with E-state index in [-0.39, 0.29) is 5.43 Å². The quantitative estimate of drug-likeness (QED) is 0.414. The molecule has 0 amide bonds. The lowest BCUT2D eigenvalue weighted by molar-refractivity contribution is 0.101. The Balaban J connectivity index is 1.28. The number of aryl methyl sites for hydroxylation is 2. The smallest absolute Gasteiger partial charge is 0.203 e. The van der Waals surface area contributed by atoms with Crippen molar-refractivity contribution < 1.29 is 4.74 Å². The SMILES string of the molecule is Cn1cc(-n2ccc(=O)c(Cc3cccc(-c4ncn(CCCC5CCCO5)n4)c3)n2)cn1. The van der Waals surface area contributed by atoms with E-state index in [1.165, 1.54) is 12.8 Å². The van der Waals surface area contributed by atoms with Gasteiger partial charge in [-0.2, -0.15) is 15.3 Å². The van der Waals surface area contributed by atoms with E-state index in [2.05, 4.69) is 20.3 Å². The Labute approximate surface area is 191 Å². The van der Waals surface area contributed by atoms with Crippen LogP contribution in [0.3, 0.4) is 0 Å². The van der Waals surface area contributed by atoms with Gasteiger partial charge in [0.15, 0.2) is 5.82 Å². The number of nitrogens with zero attached hydrogens (tertiary/aromatic N) is 7. The topological polar surface area (TPSA) is 92.7 Å². The van der Waals surface area contributed by atoms with Gasteiger partial charge in [0.2, 0.25) is 5.43 Å². The van der Waals surface area contributed by atoms with E-state index in [4.69, 9.17) is 4.74 Å². The predicted octanol–water partition coefficient (Wildman–Crippen LogP) is 2.77. The zero-order chi connectivity index (χ0) is 22.6. The molecular weight excluding hydrogens is 418 g/mol. The molecule has 9 nitrogen and oxygen atoms in total. The fourth-order valence-corrected chi connectivity index (χ4v) is 4.14. The first-order valence-corrected chi connectivity index (χ1v) is 11.3. The van der Waals surface area contributed by atoms with Crippen LogP contribution in [0, 0.1) is 0 Å². The third-order valence-corrected chi connectivity index (χ3v) is 5.87. The molecule has 33 heavy (non-hydrogen) atoms. The summed E-state index contributed by atoms with van der Waals surface area (Å²) < 4.78 is 11.0.